The Morgan fingerprint density at radius 3 is 2.09 bits per heavy atom. The van der Waals surface area contributed by atoms with Crippen molar-refractivity contribution < 1.29 is 9.31 Å². The van der Waals surface area contributed by atoms with E-state index in [1.807, 2.05) is 0 Å². The normalized spacial score (nSPS) is 25.5. The Bertz CT molecular complexity index is 415. The van der Waals surface area contributed by atoms with Gasteiger partial charge in [0.1, 0.15) is 0 Å². The molecule has 0 aromatic carbocycles. The standard InChI is InChI=1S/C19H33BO2/c1-15(2)12-13-17(14-16-10-8-7-9-11-16)20-21-18(3,4)19(5,6)22-20/h14,16H,1,7-13H2,2-6H3/b17-14+. The Morgan fingerprint density at radius 2 is 1.59 bits per heavy atom. The predicted octanol–water partition coefficient (Wildman–Crippen LogP) is 5.48. The molecule has 1 saturated heterocycles. The van der Waals surface area contributed by atoms with Crippen molar-refractivity contribution in [2.75, 3.05) is 0 Å². The number of allylic oxidation sites excluding steroid dienone is 3. The highest BCUT2D eigenvalue weighted by Crippen LogP contribution is 2.40. The second-order valence-electron chi connectivity index (χ2n) is 8.19. The molecule has 2 nitrogen and oxygen atoms in total. The summed E-state index contributed by atoms with van der Waals surface area (Å²) in [5.74, 6) is 0.702. The molecule has 2 rings (SSSR count). The highest BCUT2D eigenvalue weighted by atomic mass is 16.7. The molecule has 1 saturated carbocycles. The van der Waals surface area contributed by atoms with Crippen LogP contribution in [0.2, 0.25) is 0 Å². The zero-order valence-corrected chi connectivity index (χ0v) is 15.2. The van der Waals surface area contributed by atoms with Crippen LogP contribution in [0.25, 0.3) is 0 Å². The first kappa shape index (κ1) is 17.8. The van der Waals surface area contributed by atoms with Gasteiger partial charge in [0.25, 0.3) is 0 Å². The molecule has 2 aliphatic rings. The van der Waals surface area contributed by atoms with Crippen molar-refractivity contribution in [2.24, 2.45) is 5.92 Å². The topological polar surface area (TPSA) is 18.5 Å². The van der Waals surface area contributed by atoms with Gasteiger partial charge < -0.3 is 9.31 Å². The summed E-state index contributed by atoms with van der Waals surface area (Å²) in [7, 11) is -0.189. The van der Waals surface area contributed by atoms with Gasteiger partial charge in [-0.1, -0.05) is 30.9 Å². The van der Waals surface area contributed by atoms with Crippen molar-refractivity contribution in [3.8, 4) is 0 Å². The molecule has 1 heterocycles. The number of hydrogen-bond donors (Lipinski definition) is 0. The van der Waals surface area contributed by atoms with E-state index >= 15 is 0 Å². The van der Waals surface area contributed by atoms with Crippen LogP contribution >= 0.6 is 0 Å². The third kappa shape index (κ3) is 4.26. The maximum Gasteiger partial charge on any atom is 0.490 e. The van der Waals surface area contributed by atoms with Gasteiger partial charge in [-0.25, -0.2) is 0 Å². The zero-order valence-electron chi connectivity index (χ0n) is 15.2. The molecule has 22 heavy (non-hydrogen) atoms. The summed E-state index contributed by atoms with van der Waals surface area (Å²) in [6, 6.07) is 0. The SMILES string of the molecule is C=C(C)CC/C(=C\C1CCCCC1)B1OC(C)(C)C(C)(C)O1. The predicted molar refractivity (Wildman–Crippen MR) is 94.8 cm³/mol. The molecular formula is C19H33BO2. The lowest BCUT2D eigenvalue weighted by molar-refractivity contribution is 0.00578. The van der Waals surface area contributed by atoms with E-state index in [-0.39, 0.29) is 18.3 Å². The van der Waals surface area contributed by atoms with Crippen molar-refractivity contribution in [3.63, 3.8) is 0 Å². The minimum atomic E-state index is -0.257. The molecule has 0 aromatic rings. The minimum Gasteiger partial charge on any atom is -0.400 e. The van der Waals surface area contributed by atoms with Crippen molar-refractivity contribution in [1.82, 2.24) is 0 Å². The number of hydrogen-bond acceptors (Lipinski definition) is 2. The van der Waals surface area contributed by atoms with Crippen LogP contribution in [0, 0.1) is 5.92 Å². The summed E-state index contributed by atoms with van der Waals surface area (Å²) in [6.45, 7) is 14.7. The number of rotatable bonds is 5. The molecular weight excluding hydrogens is 271 g/mol. The van der Waals surface area contributed by atoms with E-state index in [4.69, 9.17) is 9.31 Å². The van der Waals surface area contributed by atoms with Crippen LogP contribution in [0.3, 0.4) is 0 Å². The van der Waals surface area contributed by atoms with Crippen LogP contribution in [0.5, 0.6) is 0 Å². The molecule has 0 amide bonds. The van der Waals surface area contributed by atoms with Crippen LogP contribution in [0.15, 0.2) is 23.7 Å². The maximum atomic E-state index is 6.28. The summed E-state index contributed by atoms with van der Waals surface area (Å²) in [6.07, 6.45) is 11.2. The molecule has 3 heteroatoms. The van der Waals surface area contributed by atoms with Gasteiger partial charge in [-0.05, 0) is 71.7 Å². The molecule has 0 unspecified atom stereocenters. The Morgan fingerprint density at radius 1 is 1.05 bits per heavy atom. The van der Waals surface area contributed by atoms with Gasteiger partial charge in [0.05, 0.1) is 11.2 Å². The van der Waals surface area contributed by atoms with Crippen LogP contribution in [-0.4, -0.2) is 18.3 Å². The summed E-state index contributed by atoms with van der Waals surface area (Å²) < 4.78 is 12.6. The third-order valence-electron chi connectivity index (χ3n) is 5.50. The molecule has 0 aromatic heterocycles. The van der Waals surface area contributed by atoms with Gasteiger partial charge in [-0.15, -0.1) is 6.58 Å². The highest BCUT2D eigenvalue weighted by Gasteiger charge is 2.52. The molecule has 0 N–H and O–H groups in total. The molecule has 0 atom stereocenters. The quantitative estimate of drug-likeness (QED) is 0.494. The van der Waals surface area contributed by atoms with E-state index in [1.54, 1.807) is 0 Å². The molecule has 124 valence electrons. The Kier molecular flexibility index (Phi) is 5.61. The van der Waals surface area contributed by atoms with E-state index in [0.29, 0.717) is 5.92 Å². The Hall–Kier alpha value is -0.535. The van der Waals surface area contributed by atoms with Crippen LogP contribution < -0.4 is 0 Å². The monoisotopic (exact) mass is 304 g/mol. The zero-order chi connectivity index (χ0) is 16.4. The molecule has 1 aliphatic carbocycles. The Labute approximate surface area is 137 Å². The van der Waals surface area contributed by atoms with Gasteiger partial charge in [0.2, 0.25) is 0 Å². The summed E-state index contributed by atoms with van der Waals surface area (Å²) >= 11 is 0. The van der Waals surface area contributed by atoms with Crippen LogP contribution in [0.1, 0.15) is 79.6 Å². The maximum absolute atomic E-state index is 6.28. The first-order valence-corrected chi connectivity index (χ1v) is 8.92. The lowest BCUT2D eigenvalue weighted by atomic mass is 9.72. The van der Waals surface area contributed by atoms with E-state index < -0.39 is 0 Å². The lowest BCUT2D eigenvalue weighted by Crippen LogP contribution is -2.41. The van der Waals surface area contributed by atoms with E-state index in [2.05, 4.69) is 47.3 Å². The van der Waals surface area contributed by atoms with Crippen molar-refractivity contribution in [3.05, 3.63) is 23.7 Å². The summed E-state index contributed by atoms with van der Waals surface area (Å²) in [5, 5.41) is 0. The Balaban J connectivity index is 2.14. The highest BCUT2D eigenvalue weighted by molar-refractivity contribution is 6.54. The van der Waals surface area contributed by atoms with Crippen LogP contribution in [0.4, 0.5) is 0 Å². The second-order valence-corrected chi connectivity index (χ2v) is 8.19. The molecule has 0 spiro atoms. The molecule has 1 aliphatic heterocycles. The minimum absolute atomic E-state index is 0.189. The fourth-order valence-electron chi connectivity index (χ4n) is 3.24. The fraction of sp³-hybridized carbons (Fsp3) is 0.789. The van der Waals surface area contributed by atoms with Gasteiger partial charge in [-0.2, -0.15) is 0 Å². The lowest BCUT2D eigenvalue weighted by Gasteiger charge is -2.32. The summed E-state index contributed by atoms with van der Waals surface area (Å²) in [4.78, 5) is 0. The van der Waals surface area contributed by atoms with Crippen molar-refractivity contribution in [1.29, 1.82) is 0 Å². The fourth-order valence-corrected chi connectivity index (χ4v) is 3.24. The summed E-state index contributed by atoms with van der Waals surface area (Å²) in [5.41, 5.74) is 2.04. The average molecular weight is 304 g/mol. The molecule has 2 fully saturated rings. The van der Waals surface area contributed by atoms with E-state index in [9.17, 15) is 0 Å². The first-order chi connectivity index (χ1) is 10.2. The van der Waals surface area contributed by atoms with Gasteiger partial charge in [0.15, 0.2) is 0 Å². The van der Waals surface area contributed by atoms with Crippen molar-refractivity contribution >= 4 is 7.12 Å². The van der Waals surface area contributed by atoms with Gasteiger partial charge >= 0.3 is 7.12 Å². The van der Waals surface area contributed by atoms with E-state index in [0.717, 1.165) is 12.8 Å². The largest absolute Gasteiger partial charge is 0.490 e. The van der Waals surface area contributed by atoms with Crippen molar-refractivity contribution in [2.45, 2.75) is 90.8 Å². The second kappa shape index (κ2) is 6.92. The third-order valence-corrected chi connectivity index (χ3v) is 5.50. The smallest absolute Gasteiger partial charge is 0.400 e. The van der Waals surface area contributed by atoms with Gasteiger partial charge in [0, 0.05) is 0 Å². The average Bonchev–Trinajstić information content (AvgIpc) is 2.64. The molecule has 0 bridgehead atoms. The molecule has 0 radical (unpaired) electrons. The van der Waals surface area contributed by atoms with Gasteiger partial charge in [-0.3, -0.25) is 0 Å². The first-order valence-electron chi connectivity index (χ1n) is 8.92. The van der Waals surface area contributed by atoms with E-state index in [1.165, 1.54) is 43.1 Å². The van der Waals surface area contributed by atoms with Crippen LogP contribution in [-0.2, 0) is 9.31 Å².